The molecule has 0 saturated carbocycles. The number of aromatic nitrogens is 2. The number of carbonyl (C=O) groups excluding carboxylic acids is 1. The zero-order valence-corrected chi connectivity index (χ0v) is 12.9. The SMILES string of the molecule is CC(NC(=O)c1cnn2ccccc12)C1CCCNC1.Cl. The molecule has 0 radical (unpaired) electrons. The molecule has 1 aliphatic rings. The third kappa shape index (κ3) is 3.36. The summed E-state index contributed by atoms with van der Waals surface area (Å²) in [4.78, 5) is 12.4. The number of pyridine rings is 1. The maximum Gasteiger partial charge on any atom is 0.255 e. The first-order chi connectivity index (χ1) is 9.75. The van der Waals surface area contributed by atoms with Gasteiger partial charge in [0.05, 0.1) is 17.3 Å². The largest absolute Gasteiger partial charge is 0.349 e. The van der Waals surface area contributed by atoms with Crippen LogP contribution in [0.25, 0.3) is 5.52 Å². The lowest BCUT2D eigenvalue weighted by atomic mass is 9.92. The maximum atomic E-state index is 12.4. The Hall–Kier alpha value is -1.59. The van der Waals surface area contributed by atoms with Crippen molar-refractivity contribution in [2.24, 2.45) is 5.92 Å². The second-order valence-corrected chi connectivity index (χ2v) is 5.46. The van der Waals surface area contributed by atoms with Crippen LogP contribution in [0.5, 0.6) is 0 Å². The minimum absolute atomic E-state index is 0. The van der Waals surface area contributed by atoms with Crippen molar-refractivity contribution in [3.05, 3.63) is 36.2 Å². The molecule has 2 aromatic heterocycles. The van der Waals surface area contributed by atoms with Gasteiger partial charge in [0, 0.05) is 12.2 Å². The third-order valence-electron chi connectivity index (χ3n) is 4.07. The predicted molar refractivity (Wildman–Crippen MR) is 85.0 cm³/mol. The van der Waals surface area contributed by atoms with Gasteiger partial charge in [-0.05, 0) is 50.9 Å². The van der Waals surface area contributed by atoms with Crippen LogP contribution in [0.4, 0.5) is 0 Å². The van der Waals surface area contributed by atoms with Crippen molar-refractivity contribution in [3.63, 3.8) is 0 Å². The molecule has 2 atom stereocenters. The van der Waals surface area contributed by atoms with Gasteiger partial charge in [-0.2, -0.15) is 5.10 Å². The van der Waals surface area contributed by atoms with E-state index in [4.69, 9.17) is 0 Å². The second kappa shape index (κ2) is 6.91. The van der Waals surface area contributed by atoms with E-state index in [9.17, 15) is 4.79 Å². The molecular formula is C15H21ClN4O. The fourth-order valence-electron chi connectivity index (χ4n) is 2.82. The molecule has 0 aliphatic carbocycles. The first kappa shape index (κ1) is 15.8. The first-order valence-electron chi connectivity index (χ1n) is 7.19. The van der Waals surface area contributed by atoms with E-state index in [0.29, 0.717) is 11.5 Å². The minimum Gasteiger partial charge on any atom is -0.349 e. The average Bonchev–Trinajstić information content (AvgIpc) is 2.92. The standard InChI is InChI=1S/C15H20N4O.ClH/c1-11(12-5-4-7-16-9-12)18-15(20)13-10-17-19-8-3-2-6-14(13)19;/h2-3,6,8,10-12,16H,4-5,7,9H2,1H3,(H,18,20);1H. The van der Waals surface area contributed by atoms with Crippen LogP contribution in [-0.4, -0.2) is 34.7 Å². The Kier molecular flexibility index (Phi) is 5.20. The van der Waals surface area contributed by atoms with Gasteiger partial charge in [0.1, 0.15) is 0 Å². The molecule has 1 fully saturated rings. The zero-order valence-electron chi connectivity index (χ0n) is 12.1. The van der Waals surface area contributed by atoms with Crippen molar-refractivity contribution >= 4 is 23.8 Å². The van der Waals surface area contributed by atoms with E-state index >= 15 is 0 Å². The molecule has 2 aromatic rings. The predicted octanol–water partition coefficient (Wildman–Crippen LogP) is 1.87. The maximum absolute atomic E-state index is 12.4. The number of rotatable bonds is 3. The summed E-state index contributed by atoms with van der Waals surface area (Å²) in [5.74, 6) is 0.471. The second-order valence-electron chi connectivity index (χ2n) is 5.46. The number of fused-ring (bicyclic) bond motifs is 1. The quantitative estimate of drug-likeness (QED) is 0.910. The zero-order chi connectivity index (χ0) is 13.9. The minimum atomic E-state index is -0.0377. The van der Waals surface area contributed by atoms with E-state index < -0.39 is 0 Å². The molecule has 3 rings (SSSR count). The molecule has 2 unspecified atom stereocenters. The Morgan fingerprint density at radius 3 is 3.14 bits per heavy atom. The van der Waals surface area contributed by atoms with Gasteiger partial charge in [-0.1, -0.05) is 6.07 Å². The van der Waals surface area contributed by atoms with E-state index in [-0.39, 0.29) is 24.4 Å². The van der Waals surface area contributed by atoms with E-state index in [1.165, 1.54) is 12.8 Å². The topological polar surface area (TPSA) is 58.4 Å². The highest BCUT2D eigenvalue weighted by Gasteiger charge is 2.22. The number of piperidine rings is 1. The Labute approximate surface area is 130 Å². The average molecular weight is 309 g/mol. The summed E-state index contributed by atoms with van der Waals surface area (Å²) < 4.78 is 1.72. The van der Waals surface area contributed by atoms with Crippen LogP contribution in [-0.2, 0) is 0 Å². The van der Waals surface area contributed by atoms with Crippen LogP contribution in [0.3, 0.4) is 0 Å². The normalized spacial score (nSPS) is 19.8. The molecule has 3 heterocycles. The fourth-order valence-corrected chi connectivity index (χ4v) is 2.82. The van der Waals surface area contributed by atoms with Crippen molar-refractivity contribution < 1.29 is 4.79 Å². The number of carbonyl (C=O) groups is 1. The van der Waals surface area contributed by atoms with Gasteiger partial charge < -0.3 is 10.6 Å². The number of hydrogen-bond acceptors (Lipinski definition) is 3. The van der Waals surface area contributed by atoms with Crippen LogP contribution in [0.15, 0.2) is 30.6 Å². The number of hydrogen-bond donors (Lipinski definition) is 2. The van der Waals surface area contributed by atoms with Crippen LogP contribution in [0, 0.1) is 5.92 Å². The van der Waals surface area contributed by atoms with Crippen LogP contribution >= 0.6 is 12.4 Å². The van der Waals surface area contributed by atoms with Crippen molar-refractivity contribution in [3.8, 4) is 0 Å². The van der Waals surface area contributed by atoms with Crippen LogP contribution in [0.2, 0.25) is 0 Å². The third-order valence-corrected chi connectivity index (χ3v) is 4.07. The van der Waals surface area contributed by atoms with E-state index in [1.807, 2.05) is 24.4 Å². The summed E-state index contributed by atoms with van der Waals surface area (Å²) >= 11 is 0. The molecule has 1 aliphatic heterocycles. The molecule has 0 bridgehead atoms. The van der Waals surface area contributed by atoms with E-state index in [2.05, 4.69) is 22.7 Å². The molecule has 5 nitrogen and oxygen atoms in total. The van der Waals surface area contributed by atoms with Crippen LogP contribution < -0.4 is 10.6 Å². The Morgan fingerprint density at radius 2 is 2.38 bits per heavy atom. The molecule has 1 saturated heterocycles. The summed E-state index contributed by atoms with van der Waals surface area (Å²) in [5, 5.41) is 10.7. The summed E-state index contributed by atoms with van der Waals surface area (Å²) in [6.45, 7) is 4.16. The van der Waals surface area contributed by atoms with E-state index in [0.717, 1.165) is 18.6 Å². The van der Waals surface area contributed by atoms with Crippen molar-refractivity contribution in [2.75, 3.05) is 13.1 Å². The Bertz CT molecular complexity index is 606. The number of nitrogens with one attached hydrogen (secondary N) is 2. The molecule has 114 valence electrons. The molecule has 21 heavy (non-hydrogen) atoms. The molecular weight excluding hydrogens is 288 g/mol. The molecule has 1 amide bonds. The number of halogens is 1. The number of amides is 1. The lowest BCUT2D eigenvalue weighted by molar-refractivity contribution is 0.0923. The van der Waals surface area contributed by atoms with E-state index in [1.54, 1.807) is 10.7 Å². The number of nitrogens with zero attached hydrogens (tertiary/aromatic N) is 2. The highest BCUT2D eigenvalue weighted by molar-refractivity contribution is 6.00. The van der Waals surface area contributed by atoms with Crippen molar-refractivity contribution in [1.29, 1.82) is 0 Å². The molecule has 2 N–H and O–H groups in total. The first-order valence-corrected chi connectivity index (χ1v) is 7.19. The summed E-state index contributed by atoms with van der Waals surface area (Å²) in [5.41, 5.74) is 1.49. The Balaban J connectivity index is 0.00000161. The van der Waals surface area contributed by atoms with Gasteiger partial charge in [0.2, 0.25) is 0 Å². The van der Waals surface area contributed by atoms with Gasteiger partial charge in [-0.3, -0.25) is 4.79 Å². The van der Waals surface area contributed by atoms with Gasteiger partial charge in [-0.25, -0.2) is 4.52 Å². The molecule has 0 spiro atoms. The van der Waals surface area contributed by atoms with Gasteiger partial charge in [-0.15, -0.1) is 12.4 Å². The van der Waals surface area contributed by atoms with Crippen LogP contribution in [0.1, 0.15) is 30.1 Å². The molecule has 6 heteroatoms. The lowest BCUT2D eigenvalue weighted by Crippen LogP contribution is -2.44. The highest BCUT2D eigenvalue weighted by atomic mass is 35.5. The Morgan fingerprint density at radius 1 is 1.52 bits per heavy atom. The smallest absolute Gasteiger partial charge is 0.255 e. The fraction of sp³-hybridized carbons (Fsp3) is 0.467. The van der Waals surface area contributed by atoms with Crippen molar-refractivity contribution in [2.45, 2.75) is 25.8 Å². The lowest BCUT2D eigenvalue weighted by Gasteiger charge is -2.28. The monoisotopic (exact) mass is 308 g/mol. The van der Waals surface area contributed by atoms with Crippen molar-refractivity contribution in [1.82, 2.24) is 20.2 Å². The van der Waals surface area contributed by atoms with Gasteiger partial charge in [0.25, 0.3) is 5.91 Å². The van der Waals surface area contributed by atoms with Gasteiger partial charge >= 0.3 is 0 Å². The molecule has 0 aromatic carbocycles. The summed E-state index contributed by atoms with van der Waals surface area (Å²) in [6.07, 6.45) is 5.84. The summed E-state index contributed by atoms with van der Waals surface area (Å²) in [7, 11) is 0. The summed E-state index contributed by atoms with van der Waals surface area (Å²) in [6, 6.07) is 5.91. The highest BCUT2D eigenvalue weighted by Crippen LogP contribution is 2.16. The van der Waals surface area contributed by atoms with Gasteiger partial charge in [0.15, 0.2) is 0 Å².